The summed E-state index contributed by atoms with van der Waals surface area (Å²) in [6.07, 6.45) is 0. The van der Waals surface area contributed by atoms with Crippen LogP contribution in [0.4, 0.5) is 0 Å². The predicted octanol–water partition coefficient (Wildman–Crippen LogP) is -0.651. The third kappa shape index (κ3) is 13.7. The number of benzene rings is 3. The SMILES string of the molecule is CC(=O)[O-].C[C@H](NC(=O)CN1CCN(CC(=O)[O-])CCN(Cc2ccc3c(=O)c4ccccc4oc3n2)CCN(CC(=O)[O-])CC1)c1cccc2ccccc12.[Eu+3]. The Balaban J connectivity index is 0.00000137. The van der Waals surface area contributed by atoms with Gasteiger partial charge in [-0.15, -0.1) is 0 Å². The molecule has 5 aromatic rings. The number of pyridine rings is 1. The molecule has 2 aromatic heterocycles. The second-order valence-corrected chi connectivity index (χ2v) is 13.8. The van der Waals surface area contributed by atoms with Crippen LogP contribution in [0.2, 0.25) is 0 Å². The van der Waals surface area contributed by atoms with Crippen molar-refractivity contribution in [3.05, 3.63) is 100 Å². The van der Waals surface area contributed by atoms with Gasteiger partial charge >= 0.3 is 49.4 Å². The molecule has 1 atom stereocenters. The van der Waals surface area contributed by atoms with E-state index in [1.165, 1.54) is 0 Å². The molecule has 57 heavy (non-hydrogen) atoms. The van der Waals surface area contributed by atoms with Crippen molar-refractivity contribution in [2.24, 2.45) is 0 Å². The van der Waals surface area contributed by atoms with E-state index in [1.807, 2.05) is 54.3 Å². The third-order valence-corrected chi connectivity index (χ3v) is 9.56. The van der Waals surface area contributed by atoms with E-state index < -0.39 is 17.9 Å². The number of nitrogens with zero attached hydrogens (tertiary/aromatic N) is 5. The van der Waals surface area contributed by atoms with Crippen LogP contribution in [-0.2, 0) is 25.7 Å². The molecule has 1 N–H and O–H groups in total. The minimum absolute atomic E-state index is 0. The van der Waals surface area contributed by atoms with Crippen LogP contribution >= 0.6 is 0 Å². The number of carbonyl (C=O) groups is 4. The smallest absolute Gasteiger partial charge is 0.550 e. The monoisotopic (exact) mass is 918 g/mol. The van der Waals surface area contributed by atoms with Crippen molar-refractivity contribution in [3.8, 4) is 0 Å². The maximum atomic E-state index is 13.4. The Bertz CT molecular complexity index is 2190. The van der Waals surface area contributed by atoms with Crippen LogP contribution < -0.4 is 26.1 Å². The maximum absolute atomic E-state index is 13.4. The van der Waals surface area contributed by atoms with E-state index in [4.69, 9.17) is 14.3 Å². The van der Waals surface area contributed by atoms with Gasteiger partial charge in [0.25, 0.3) is 0 Å². The molecule has 0 unspecified atom stereocenters. The molecule has 15 nitrogen and oxygen atoms in total. The van der Waals surface area contributed by atoms with Crippen molar-refractivity contribution >= 4 is 56.7 Å². The largest absolute Gasteiger partial charge is 3.00 e. The molecule has 1 amide bonds. The van der Waals surface area contributed by atoms with Crippen molar-refractivity contribution in [2.45, 2.75) is 26.4 Å². The number of hydrogen-bond donors (Lipinski definition) is 1. The first-order valence-corrected chi connectivity index (χ1v) is 18.4. The number of amides is 1. The predicted molar refractivity (Wildman–Crippen MR) is 204 cm³/mol. The summed E-state index contributed by atoms with van der Waals surface area (Å²) in [5.74, 6) is -3.68. The van der Waals surface area contributed by atoms with E-state index in [1.54, 1.807) is 46.2 Å². The number of aliphatic carboxylic acids is 3. The van der Waals surface area contributed by atoms with Crippen LogP contribution in [0.25, 0.3) is 32.8 Å². The molecular formula is C41H45EuN6O9. The fourth-order valence-corrected chi connectivity index (χ4v) is 6.81. The Hall–Kier alpha value is -4.16. The summed E-state index contributed by atoms with van der Waals surface area (Å²) in [5.41, 5.74) is 2.15. The van der Waals surface area contributed by atoms with E-state index in [0.29, 0.717) is 81.0 Å². The number of para-hydroxylation sites is 1. The molecule has 3 aromatic carbocycles. The van der Waals surface area contributed by atoms with Gasteiger partial charge in [0.05, 0.1) is 41.0 Å². The van der Waals surface area contributed by atoms with Crippen molar-refractivity contribution < 1.29 is 88.3 Å². The summed E-state index contributed by atoms with van der Waals surface area (Å²) in [5, 5.41) is 38.5. The van der Waals surface area contributed by atoms with Gasteiger partial charge in [-0.05, 0) is 54.4 Å². The Labute approximate surface area is 370 Å². The van der Waals surface area contributed by atoms with Crippen LogP contribution in [0.5, 0.6) is 0 Å². The zero-order chi connectivity index (χ0) is 40.2. The van der Waals surface area contributed by atoms with E-state index in [-0.39, 0.29) is 92.1 Å². The van der Waals surface area contributed by atoms with Crippen molar-refractivity contribution in [3.63, 3.8) is 0 Å². The number of carbonyl (C=O) groups excluding carboxylic acids is 4. The Morgan fingerprint density at radius 1 is 0.684 bits per heavy atom. The second kappa shape index (κ2) is 22.1. The van der Waals surface area contributed by atoms with Gasteiger partial charge in [0.2, 0.25) is 17.0 Å². The number of fused-ring (bicyclic) bond motifs is 3. The summed E-state index contributed by atoms with van der Waals surface area (Å²) < 4.78 is 5.96. The molecule has 1 fully saturated rings. The number of aromatic nitrogens is 1. The molecule has 0 bridgehead atoms. The number of nitrogens with one attached hydrogen (secondary N) is 1. The van der Waals surface area contributed by atoms with Crippen molar-refractivity contribution in [1.29, 1.82) is 0 Å². The van der Waals surface area contributed by atoms with E-state index >= 15 is 0 Å². The molecule has 3 heterocycles. The number of carboxylic acid groups (broad SMARTS) is 3. The van der Waals surface area contributed by atoms with Gasteiger partial charge in [0.15, 0.2) is 0 Å². The molecule has 1 saturated heterocycles. The van der Waals surface area contributed by atoms with Gasteiger partial charge in [-0.2, -0.15) is 0 Å². The standard InChI is InChI=1S/C39H44N6O7.C2H4O2.Eu/c1-27(30-11-6-8-28-7-2-3-9-31(28)30)40-35(46)24-43-17-21-44(25-36(47)48)19-15-42(16-20-45(22-18-43)26-37(49)50)23-29-13-14-33-38(51)32-10-4-5-12-34(32)52-39(33)41-29;1-2(3)4;/h2-14,27H,15-26H2,1H3,(H,40,46)(H,47,48)(H,49,50);1H3,(H,3,4);/q;;+3/p-3/t27-;;/m0../s1. The van der Waals surface area contributed by atoms with Gasteiger partial charge in [-0.1, -0.05) is 54.6 Å². The molecule has 16 heteroatoms. The number of hydrogen-bond acceptors (Lipinski definition) is 14. The Morgan fingerprint density at radius 2 is 1.19 bits per heavy atom. The number of carboxylic acids is 3. The maximum Gasteiger partial charge on any atom is 3.00 e. The normalized spacial score (nSPS) is 15.7. The average Bonchev–Trinajstić information content (AvgIpc) is 3.15. The van der Waals surface area contributed by atoms with Crippen LogP contribution in [-0.4, -0.2) is 120 Å². The molecule has 0 saturated carbocycles. The summed E-state index contributed by atoms with van der Waals surface area (Å²) in [4.78, 5) is 71.0. The third-order valence-electron chi connectivity index (χ3n) is 9.56. The van der Waals surface area contributed by atoms with E-state index in [2.05, 4.69) is 15.2 Å². The molecular weight excluding hydrogens is 872 g/mol. The van der Waals surface area contributed by atoms with Gasteiger partial charge in [0.1, 0.15) is 5.58 Å². The minimum Gasteiger partial charge on any atom is -0.550 e. The Morgan fingerprint density at radius 3 is 1.79 bits per heavy atom. The quantitative estimate of drug-likeness (QED) is 0.173. The van der Waals surface area contributed by atoms with Gasteiger partial charge in [-0.25, -0.2) is 4.98 Å². The number of rotatable bonds is 10. The average molecular weight is 918 g/mol. The molecule has 1 aliphatic heterocycles. The summed E-state index contributed by atoms with van der Waals surface area (Å²) in [6.45, 7) is 5.84. The van der Waals surface area contributed by atoms with E-state index in [9.17, 15) is 29.4 Å². The van der Waals surface area contributed by atoms with Gasteiger partial charge in [-0.3, -0.25) is 29.2 Å². The molecule has 0 radical (unpaired) electrons. The Kier molecular flexibility index (Phi) is 17.7. The summed E-state index contributed by atoms with van der Waals surface area (Å²) in [6, 6.07) is 24.2. The zero-order valence-electron chi connectivity index (χ0n) is 31.9. The van der Waals surface area contributed by atoms with Gasteiger partial charge in [0, 0.05) is 78.0 Å². The summed E-state index contributed by atoms with van der Waals surface area (Å²) >= 11 is 0. The van der Waals surface area contributed by atoms with Crippen LogP contribution in [0, 0.1) is 49.4 Å². The first-order valence-electron chi connectivity index (χ1n) is 18.4. The minimum atomic E-state index is -1.20. The molecule has 0 aliphatic carbocycles. The van der Waals surface area contributed by atoms with E-state index in [0.717, 1.165) is 23.3 Å². The molecule has 0 spiro atoms. The summed E-state index contributed by atoms with van der Waals surface area (Å²) in [7, 11) is 0. The molecule has 1 aliphatic rings. The van der Waals surface area contributed by atoms with Crippen LogP contribution in [0.1, 0.15) is 31.1 Å². The molecule has 300 valence electrons. The van der Waals surface area contributed by atoms with Gasteiger partial charge < -0.3 is 39.4 Å². The molecule has 6 rings (SSSR count). The fourth-order valence-electron chi connectivity index (χ4n) is 6.81. The second-order valence-electron chi connectivity index (χ2n) is 13.8. The fraction of sp³-hybridized carbons (Fsp3) is 0.366. The topological polar surface area (TPSA) is 206 Å². The van der Waals surface area contributed by atoms with Crippen LogP contribution in [0.3, 0.4) is 0 Å². The van der Waals surface area contributed by atoms with Crippen molar-refractivity contribution in [1.82, 2.24) is 29.9 Å². The van der Waals surface area contributed by atoms with Crippen molar-refractivity contribution in [2.75, 3.05) is 72.0 Å². The first kappa shape index (κ1) is 45.5. The first-order chi connectivity index (χ1) is 26.9. The van der Waals surface area contributed by atoms with Crippen LogP contribution in [0.15, 0.2) is 88.1 Å². The zero-order valence-corrected chi connectivity index (χ0v) is 34.3.